The van der Waals surface area contributed by atoms with Gasteiger partial charge < -0.3 is 5.11 Å². The van der Waals surface area contributed by atoms with Crippen LogP contribution in [0.1, 0.15) is 21.5 Å². The van der Waals surface area contributed by atoms with Crippen LogP contribution in [0, 0.1) is 13.8 Å². The average molecular weight is 263 g/mol. The van der Waals surface area contributed by atoms with E-state index in [-0.39, 0.29) is 12.4 Å². The number of aryl methyl sites for hydroxylation is 1. The van der Waals surface area contributed by atoms with Crippen LogP contribution < -0.4 is 0 Å². The van der Waals surface area contributed by atoms with Crippen LogP contribution in [-0.2, 0) is 0 Å². The van der Waals surface area contributed by atoms with Crippen molar-refractivity contribution < 1.29 is 9.90 Å². The van der Waals surface area contributed by atoms with E-state index >= 15 is 0 Å². The van der Waals surface area contributed by atoms with Crippen LogP contribution in [0.15, 0.2) is 42.5 Å². The van der Waals surface area contributed by atoms with Crippen molar-refractivity contribution in [3.05, 3.63) is 59.2 Å². The lowest BCUT2D eigenvalue weighted by molar-refractivity contribution is 0.0697. The first-order valence-electron chi connectivity index (χ1n) is 5.49. The summed E-state index contributed by atoms with van der Waals surface area (Å²) in [4.78, 5) is 10.9. The molecule has 0 radical (unpaired) electrons. The predicted octanol–water partition coefficient (Wildman–Crippen LogP) is 4.09. The number of carbonyl (C=O) groups is 1. The van der Waals surface area contributed by atoms with Crippen molar-refractivity contribution in [1.29, 1.82) is 0 Å². The van der Waals surface area contributed by atoms with Crippen LogP contribution in [0.4, 0.5) is 0 Å². The van der Waals surface area contributed by atoms with Crippen molar-refractivity contribution in [1.82, 2.24) is 0 Å². The molecule has 3 heteroatoms. The van der Waals surface area contributed by atoms with E-state index in [2.05, 4.69) is 19.9 Å². The molecule has 94 valence electrons. The van der Waals surface area contributed by atoms with E-state index in [1.165, 1.54) is 11.1 Å². The van der Waals surface area contributed by atoms with Crippen molar-refractivity contribution in [3.63, 3.8) is 0 Å². The number of carboxylic acid groups (broad SMARTS) is 1. The molecule has 2 aromatic carbocycles. The summed E-state index contributed by atoms with van der Waals surface area (Å²) in [6, 6.07) is 13.1. The first-order valence-corrected chi connectivity index (χ1v) is 5.49. The van der Waals surface area contributed by atoms with Crippen LogP contribution in [-0.4, -0.2) is 11.1 Å². The first kappa shape index (κ1) is 14.3. The molecule has 2 rings (SSSR count). The van der Waals surface area contributed by atoms with E-state index in [0.29, 0.717) is 5.56 Å². The van der Waals surface area contributed by atoms with Crippen LogP contribution in [0.3, 0.4) is 0 Å². The Morgan fingerprint density at radius 3 is 2.39 bits per heavy atom. The zero-order valence-electron chi connectivity index (χ0n) is 10.3. The van der Waals surface area contributed by atoms with Gasteiger partial charge in [-0.1, -0.05) is 30.3 Å². The summed E-state index contributed by atoms with van der Waals surface area (Å²) in [5, 5.41) is 8.98. The van der Waals surface area contributed by atoms with Crippen molar-refractivity contribution in [2.24, 2.45) is 0 Å². The molecule has 0 bridgehead atoms. The second-order valence-corrected chi connectivity index (χ2v) is 4.13. The van der Waals surface area contributed by atoms with E-state index in [0.717, 1.165) is 11.1 Å². The minimum atomic E-state index is -0.892. The van der Waals surface area contributed by atoms with Gasteiger partial charge in [0.25, 0.3) is 0 Å². The number of rotatable bonds is 2. The SMILES string of the molecule is Cc1cccc(-c2cccc(C(=O)O)c2)c1C.Cl. The quantitative estimate of drug-likeness (QED) is 0.885. The number of carboxylic acids is 1. The maximum Gasteiger partial charge on any atom is 0.335 e. The van der Waals surface area contributed by atoms with Crippen molar-refractivity contribution in [2.75, 3.05) is 0 Å². The highest BCUT2D eigenvalue weighted by Crippen LogP contribution is 2.26. The van der Waals surface area contributed by atoms with Gasteiger partial charge in [-0.2, -0.15) is 0 Å². The minimum absolute atomic E-state index is 0. The van der Waals surface area contributed by atoms with Gasteiger partial charge in [-0.05, 0) is 48.2 Å². The maximum absolute atomic E-state index is 10.9. The summed E-state index contributed by atoms with van der Waals surface area (Å²) in [5.74, 6) is -0.892. The Morgan fingerprint density at radius 2 is 1.72 bits per heavy atom. The lowest BCUT2D eigenvalue weighted by Crippen LogP contribution is -1.96. The second kappa shape index (κ2) is 5.69. The molecular weight excluding hydrogens is 248 g/mol. The number of benzene rings is 2. The summed E-state index contributed by atoms with van der Waals surface area (Å²) in [6.45, 7) is 4.11. The molecule has 0 heterocycles. The third-order valence-corrected chi connectivity index (χ3v) is 3.03. The fourth-order valence-electron chi connectivity index (χ4n) is 1.88. The monoisotopic (exact) mass is 262 g/mol. The highest BCUT2D eigenvalue weighted by molar-refractivity contribution is 5.89. The fraction of sp³-hybridized carbons (Fsp3) is 0.133. The molecule has 0 aromatic heterocycles. The summed E-state index contributed by atoms with van der Waals surface area (Å²) < 4.78 is 0. The molecule has 2 nitrogen and oxygen atoms in total. The normalized spacial score (nSPS) is 9.67. The summed E-state index contributed by atoms with van der Waals surface area (Å²) in [6.07, 6.45) is 0. The van der Waals surface area contributed by atoms with Crippen LogP contribution >= 0.6 is 12.4 Å². The molecule has 0 aliphatic carbocycles. The largest absolute Gasteiger partial charge is 0.478 e. The predicted molar refractivity (Wildman–Crippen MR) is 75.6 cm³/mol. The molecule has 0 fully saturated rings. The molecule has 2 aromatic rings. The Bertz CT molecular complexity index is 576. The molecule has 0 aliphatic heterocycles. The van der Waals surface area contributed by atoms with Gasteiger partial charge in [-0.15, -0.1) is 12.4 Å². The third-order valence-electron chi connectivity index (χ3n) is 3.03. The fourth-order valence-corrected chi connectivity index (χ4v) is 1.88. The maximum atomic E-state index is 10.9. The molecule has 0 amide bonds. The molecule has 0 spiro atoms. The number of hydrogen-bond acceptors (Lipinski definition) is 1. The molecule has 1 N–H and O–H groups in total. The van der Waals surface area contributed by atoms with Crippen molar-refractivity contribution >= 4 is 18.4 Å². The third kappa shape index (κ3) is 2.71. The molecule has 0 atom stereocenters. The lowest BCUT2D eigenvalue weighted by atomic mass is 9.96. The summed E-state index contributed by atoms with van der Waals surface area (Å²) in [7, 11) is 0. The average Bonchev–Trinajstić information content (AvgIpc) is 2.33. The highest BCUT2D eigenvalue weighted by atomic mass is 35.5. The van der Waals surface area contributed by atoms with Crippen molar-refractivity contribution in [3.8, 4) is 11.1 Å². The molecular formula is C15H15ClO2. The zero-order chi connectivity index (χ0) is 12.4. The topological polar surface area (TPSA) is 37.3 Å². The van der Waals surface area contributed by atoms with Crippen LogP contribution in [0.2, 0.25) is 0 Å². The Kier molecular flexibility index (Phi) is 4.51. The molecule has 0 saturated carbocycles. The Hall–Kier alpha value is -1.80. The highest BCUT2D eigenvalue weighted by Gasteiger charge is 2.07. The Labute approximate surface area is 113 Å². The summed E-state index contributed by atoms with van der Waals surface area (Å²) in [5.41, 5.74) is 4.76. The molecule has 18 heavy (non-hydrogen) atoms. The van der Waals surface area contributed by atoms with Gasteiger partial charge in [0, 0.05) is 0 Å². The molecule has 0 aliphatic rings. The van der Waals surface area contributed by atoms with Gasteiger partial charge in [-0.3, -0.25) is 0 Å². The van der Waals surface area contributed by atoms with Gasteiger partial charge in [0.1, 0.15) is 0 Å². The Balaban J connectivity index is 0.00000162. The minimum Gasteiger partial charge on any atom is -0.478 e. The van der Waals surface area contributed by atoms with Gasteiger partial charge in [0.05, 0.1) is 5.56 Å². The van der Waals surface area contributed by atoms with E-state index in [1.54, 1.807) is 18.2 Å². The smallest absolute Gasteiger partial charge is 0.335 e. The number of halogens is 1. The number of hydrogen-bond donors (Lipinski definition) is 1. The second-order valence-electron chi connectivity index (χ2n) is 4.13. The van der Waals surface area contributed by atoms with E-state index in [1.807, 2.05) is 18.2 Å². The first-order chi connectivity index (χ1) is 8.09. The Morgan fingerprint density at radius 1 is 1.06 bits per heavy atom. The van der Waals surface area contributed by atoms with E-state index in [4.69, 9.17) is 5.11 Å². The van der Waals surface area contributed by atoms with E-state index < -0.39 is 5.97 Å². The van der Waals surface area contributed by atoms with Crippen LogP contribution in [0.5, 0.6) is 0 Å². The number of aromatic carboxylic acids is 1. The molecule has 0 saturated heterocycles. The summed E-state index contributed by atoms with van der Waals surface area (Å²) >= 11 is 0. The van der Waals surface area contributed by atoms with Gasteiger partial charge in [0.15, 0.2) is 0 Å². The van der Waals surface area contributed by atoms with E-state index in [9.17, 15) is 4.79 Å². The standard InChI is InChI=1S/C15H14O2.ClH/c1-10-5-3-8-14(11(10)2)12-6-4-7-13(9-12)15(16)17;/h3-9H,1-2H3,(H,16,17);1H. The van der Waals surface area contributed by atoms with Gasteiger partial charge in [0.2, 0.25) is 0 Å². The molecule has 0 unspecified atom stereocenters. The van der Waals surface area contributed by atoms with Crippen LogP contribution in [0.25, 0.3) is 11.1 Å². The van der Waals surface area contributed by atoms with Gasteiger partial charge in [-0.25, -0.2) is 4.79 Å². The van der Waals surface area contributed by atoms with Gasteiger partial charge >= 0.3 is 5.97 Å². The lowest BCUT2D eigenvalue weighted by Gasteiger charge is -2.09. The zero-order valence-corrected chi connectivity index (χ0v) is 11.1. The van der Waals surface area contributed by atoms with Crippen molar-refractivity contribution in [2.45, 2.75) is 13.8 Å².